The van der Waals surface area contributed by atoms with E-state index in [1.807, 2.05) is 0 Å². The maximum absolute atomic E-state index is 8.74. The minimum Gasteiger partial charge on any atom is -0.333 e. The lowest BCUT2D eigenvalue weighted by atomic mass is 11.6. The van der Waals surface area contributed by atoms with Crippen LogP contribution in [0.1, 0.15) is 7.43 Å². The summed E-state index contributed by atoms with van der Waals surface area (Å²) in [5.74, 6) is 0. The van der Waals surface area contributed by atoms with Crippen LogP contribution in [0.4, 0.5) is 0 Å². The van der Waals surface area contributed by atoms with Crippen molar-refractivity contribution < 1.29 is 17.5 Å². The second kappa shape index (κ2) is 15.9. The first-order valence-electron chi connectivity index (χ1n) is 1.85. The van der Waals surface area contributed by atoms with Gasteiger partial charge in [-0.2, -0.15) is 8.42 Å². The largest absolute Gasteiger partial charge is 0.394 e. The lowest BCUT2D eigenvalue weighted by Gasteiger charge is -1.68. The highest BCUT2D eigenvalue weighted by molar-refractivity contribution is 7.79. The molecule has 0 rings (SSSR count). The first-order valence-corrected chi connectivity index (χ1v) is 3.25. The Morgan fingerprint density at radius 1 is 1.00 bits per heavy atom. The topological polar surface area (TPSA) is 127 Å². The molecule has 0 aromatic rings. The molecular weight excluding hydrogens is 160 g/mol. The first kappa shape index (κ1) is 22.6. The van der Waals surface area contributed by atoms with E-state index < -0.39 is 10.4 Å². The van der Waals surface area contributed by atoms with Gasteiger partial charge in [0, 0.05) is 0 Å². The lowest BCUT2D eigenvalue weighted by Crippen LogP contribution is -1.89. The van der Waals surface area contributed by atoms with Crippen LogP contribution in [0.3, 0.4) is 0 Å². The van der Waals surface area contributed by atoms with Crippen molar-refractivity contribution in [1.82, 2.24) is 0 Å². The van der Waals surface area contributed by atoms with Gasteiger partial charge in [0.25, 0.3) is 0 Å². The van der Waals surface area contributed by atoms with Crippen molar-refractivity contribution in [3.8, 4) is 0 Å². The summed E-state index contributed by atoms with van der Waals surface area (Å²) >= 11 is 0. The molecule has 0 saturated carbocycles. The molecule has 0 aromatic heterocycles. The van der Waals surface area contributed by atoms with Gasteiger partial charge in [0.15, 0.2) is 0 Å². The van der Waals surface area contributed by atoms with Crippen molar-refractivity contribution in [2.45, 2.75) is 7.43 Å². The average molecular weight is 176 g/mol. The molecular formula is C3H16N2O4S. The van der Waals surface area contributed by atoms with Crippen LogP contribution >= 0.6 is 0 Å². The van der Waals surface area contributed by atoms with Crippen molar-refractivity contribution in [1.29, 1.82) is 0 Å². The van der Waals surface area contributed by atoms with Gasteiger partial charge in [-0.3, -0.25) is 9.11 Å². The molecule has 68 valence electrons. The third-order valence-corrected chi connectivity index (χ3v) is 0. The predicted octanol–water partition coefficient (Wildman–Crippen LogP) is -0.867. The normalized spacial score (nSPS) is 7.00. The van der Waals surface area contributed by atoms with Gasteiger partial charge in [0.2, 0.25) is 0 Å². The van der Waals surface area contributed by atoms with Crippen LogP contribution in [-0.2, 0) is 10.4 Å². The van der Waals surface area contributed by atoms with Gasteiger partial charge < -0.3 is 11.5 Å². The first-order chi connectivity index (χ1) is 4.00. The standard InChI is InChI=1S/2CH5N.CH4.H2O4S/c2*1-2;;1-5(2,3)4/h2*2H2,1H3;1H4;(H2,1,2,3,4). The van der Waals surface area contributed by atoms with Crippen LogP contribution in [0.2, 0.25) is 0 Å². The summed E-state index contributed by atoms with van der Waals surface area (Å²) < 4.78 is 31.6. The molecule has 0 unspecified atom stereocenters. The van der Waals surface area contributed by atoms with Crippen LogP contribution in [0.15, 0.2) is 0 Å². The van der Waals surface area contributed by atoms with Gasteiger partial charge in [0.05, 0.1) is 0 Å². The predicted molar refractivity (Wildman–Crippen MR) is 41.1 cm³/mol. The summed E-state index contributed by atoms with van der Waals surface area (Å²) in [6.07, 6.45) is 0. The van der Waals surface area contributed by atoms with E-state index in [-0.39, 0.29) is 7.43 Å². The third kappa shape index (κ3) is 8140. The molecule has 0 aromatic carbocycles. The highest BCUT2D eigenvalue weighted by Crippen LogP contribution is 1.59. The summed E-state index contributed by atoms with van der Waals surface area (Å²) in [6.45, 7) is 0. The van der Waals surface area contributed by atoms with Gasteiger partial charge in [0.1, 0.15) is 0 Å². The number of rotatable bonds is 0. The molecule has 0 aliphatic heterocycles. The van der Waals surface area contributed by atoms with E-state index in [4.69, 9.17) is 17.5 Å². The SMILES string of the molecule is C.CN.CN.O=S(=O)(O)O. The Morgan fingerprint density at radius 2 is 1.00 bits per heavy atom. The van der Waals surface area contributed by atoms with Gasteiger partial charge in [-0.15, -0.1) is 0 Å². The molecule has 0 aliphatic rings. The Balaban J connectivity index is -0.0000000315. The van der Waals surface area contributed by atoms with E-state index in [9.17, 15) is 0 Å². The van der Waals surface area contributed by atoms with Crippen LogP contribution in [0.25, 0.3) is 0 Å². The molecule has 0 saturated heterocycles. The number of hydrogen-bond donors (Lipinski definition) is 4. The molecule has 0 spiro atoms. The molecule has 0 fully saturated rings. The van der Waals surface area contributed by atoms with E-state index in [0.29, 0.717) is 0 Å². The summed E-state index contributed by atoms with van der Waals surface area (Å²) in [4.78, 5) is 0. The summed E-state index contributed by atoms with van der Waals surface area (Å²) in [5, 5.41) is 0. The summed E-state index contributed by atoms with van der Waals surface area (Å²) in [6, 6.07) is 0. The molecule has 0 aliphatic carbocycles. The maximum Gasteiger partial charge on any atom is 0.394 e. The minimum absolute atomic E-state index is 0. The Bertz CT molecular complexity index is 102. The van der Waals surface area contributed by atoms with Crippen molar-refractivity contribution in [2.24, 2.45) is 11.5 Å². The van der Waals surface area contributed by atoms with E-state index in [1.165, 1.54) is 14.1 Å². The Labute approximate surface area is 61.8 Å². The fourth-order valence-electron chi connectivity index (χ4n) is 0. The lowest BCUT2D eigenvalue weighted by molar-refractivity contribution is 0.381. The molecule has 0 atom stereocenters. The minimum atomic E-state index is -4.67. The molecule has 10 heavy (non-hydrogen) atoms. The van der Waals surface area contributed by atoms with E-state index in [0.717, 1.165) is 0 Å². The smallest absolute Gasteiger partial charge is 0.333 e. The quantitative estimate of drug-likeness (QED) is 0.355. The van der Waals surface area contributed by atoms with E-state index in [2.05, 4.69) is 11.5 Å². The Morgan fingerprint density at radius 3 is 1.00 bits per heavy atom. The molecule has 0 amide bonds. The van der Waals surface area contributed by atoms with Gasteiger partial charge in [-0.25, -0.2) is 0 Å². The number of nitrogens with two attached hydrogens (primary N) is 2. The zero-order valence-corrected chi connectivity index (χ0v) is 6.09. The van der Waals surface area contributed by atoms with Crippen molar-refractivity contribution in [3.63, 3.8) is 0 Å². The van der Waals surface area contributed by atoms with Crippen molar-refractivity contribution in [2.75, 3.05) is 14.1 Å². The average Bonchev–Trinajstić information content (AvgIpc) is 1.72. The van der Waals surface area contributed by atoms with Crippen molar-refractivity contribution >= 4 is 10.4 Å². The zero-order valence-electron chi connectivity index (χ0n) is 5.27. The fourth-order valence-corrected chi connectivity index (χ4v) is 0. The Hall–Kier alpha value is -0.210. The Kier molecular flexibility index (Phi) is 35.9. The fraction of sp³-hybridized carbons (Fsp3) is 1.00. The molecule has 0 radical (unpaired) electrons. The van der Waals surface area contributed by atoms with E-state index >= 15 is 0 Å². The molecule has 6 N–H and O–H groups in total. The third-order valence-electron chi connectivity index (χ3n) is 0. The second-order valence-corrected chi connectivity index (χ2v) is 1.34. The van der Waals surface area contributed by atoms with Crippen LogP contribution in [0.5, 0.6) is 0 Å². The van der Waals surface area contributed by atoms with Crippen molar-refractivity contribution in [3.05, 3.63) is 0 Å². The molecule has 0 heterocycles. The molecule has 6 nitrogen and oxygen atoms in total. The van der Waals surface area contributed by atoms with Gasteiger partial charge >= 0.3 is 10.4 Å². The zero-order chi connectivity index (χ0) is 8.50. The van der Waals surface area contributed by atoms with Crippen LogP contribution in [0, 0.1) is 0 Å². The monoisotopic (exact) mass is 176 g/mol. The van der Waals surface area contributed by atoms with Crippen LogP contribution in [-0.4, -0.2) is 31.6 Å². The summed E-state index contributed by atoms with van der Waals surface area (Å²) in [5.41, 5.74) is 9.00. The maximum atomic E-state index is 8.74. The van der Waals surface area contributed by atoms with Gasteiger partial charge in [-0.1, -0.05) is 7.43 Å². The van der Waals surface area contributed by atoms with E-state index in [1.54, 1.807) is 0 Å². The number of hydrogen-bond acceptors (Lipinski definition) is 4. The molecule has 7 heteroatoms. The highest BCUT2D eigenvalue weighted by atomic mass is 32.3. The van der Waals surface area contributed by atoms with Gasteiger partial charge in [-0.05, 0) is 14.1 Å². The van der Waals surface area contributed by atoms with Crippen LogP contribution < -0.4 is 11.5 Å². The second-order valence-electron chi connectivity index (χ2n) is 0.448. The highest BCUT2D eigenvalue weighted by Gasteiger charge is 1.84. The molecule has 0 bridgehead atoms. The summed E-state index contributed by atoms with van der Waals surface area (Å²) in [7, 11) is -1.67.